The van der Waals surface area contributed by atoms with Crippen LogP contribution in [0.3, 0.4) is 0 Å². The van der Waals surface area contributed by atoms with E-state index >= 15 is 0 Å². The number of hydrogen-bond donors (Lipinski definition) is 1. The van der Waals surface area contributed by atoms with Crippen molar-refractivity contribution in [1.29, 1.82) is 0 Å². The number of aromatic carboxylic acids is 1. The Bertz CT molecular complexity index is 854. The summed E-state index contributed by atoms with van der Waals surface area (Å²) >= 11 is 0. The van der Waals surface area contributed by atoms with Gasteiger partial charge in [-0.15, -0.1) is 0 Å². The zero-order chi connectivity index (χ0) is 16.4. The number of carboxylic acid groups (broad SMARTS) is 1. The molecule has 1 aromatic carbocycles. The molecule has 118 valence electrons. The van der Waals surface area contributed by atoms with E-state index in [0.29, 0.717) is 5.65 Å². The first-order valence-electron chi connectivity index (χ1n) is 7.86. The van der Waals surface area contributed by atoms with Crippen molar-refractivity contribution in [2.45, 2.75) is 33.1 Å². The number of carbonyl (C=O) groups is 1. The molecule has 0 fully saturated rings. The molecule has 3 rings (SSSR count). The fourth-order valence-corrected chi connectivity index (χ4v) is 2.81. The molecule has 0 aliphatic heterocycles. The minimum atomic E-state index is -1.01. The number of rotatable bonds is 5. The number of carboxylic acids is 1. The van der Waals surface area contributed by atoms with Gasteiger partial charge in [-0.05, 0) is 24.5 Å². The molecule has 0 radical (unpaired) electrons. The van der Waals surface area contributed by atoms with Crippen LogP contribution in [-0.4, -0.2) is 25.7 Å². The zero-order valence-corrected chi connectivity index (χ0v) is 13.3. The number of aromatic nitrogens is 3. The van der Waals surface area contributed by atoms with Crippen molar-refractivity contribution in [3.05, 3.63) is 53.5 Å². The highest BCUT2D eigenvalue weighted by molar-refractivity contribution is 5.88. The van der Waals surface area contributed by atoms with Gasteiger partial charge < -0.3 is 5.11 Å². The van der Waals surface area contributed by atoms with Crippen molar-refractivity contribution in [2.75, 3.05) is 0 Å². The highest BCUT2D eigenvalue weighted by Gasteiger charge is 2.19. The lowest BCUT2D eigenvalue weighted by Crippen LogP contribution is -2.08. The summed E-state index contributed by atoms with van der Waals surface area (Å²) < 4.78 is 1.80. The predicted molar refractivity (Wildman–Crippen MR) is 88.8 cm³/mol. The molecule has 2 heterocycles. The second kappa shape index (κ2) is 6.20. The average molecular weight is 309 g/mol. The second-order valence-electron chi connectivity index (χ2n) is 5.46. The van der Waals surface area contributed by atoms with E-state index in [2.05, 4.69) is 17.0 Å². The summed E-state index contributed by atoms with van der Waals surface area (Å²) in [6, 6.07) is 11.5. The van der Waals surface area contributed by atoms with Crippen LogP contribution in [0.5, 0.6) is 0 Å². The predicted octanol–water partition coefficient (Wildman–Crippen LogP) is 3.61. The first-order valence-corrected chi connectivity index (χ1v) is 7.86. The molecular formula is C18H19N3O2. The SMILES string of the molecule is CCCc1cc(C(=O)O)nc2c(-c3ccccc3)c(CC)nn12. The normalized spacial score (nSPS) is 11.0. The number of nitrogens with zero attached hydrogens (tertiary/aromatic N) is 3. The molecule has 5 heteroatoms. The van der Waals surface area contributed by atoms with Crippen molar-refractivity contribution < 1.29 is 9.90 Å². The molecule has 5 nitrogen and oxygen atoms in total. The van der Waals surface area contributed by atoms with Gasteiger partial charge in [0.1, 0.15) is 0 Å². The monoisotopic (exact) mass is 309 g/mol. The topological polar surface area (TPSA) is 67.5 Å². The quantitative estimate of drug-likeness (QED) is 0.782. The number of aryl methyl sites for hydroxylation is 2. The summed E-state index contributed by atoms with van der Waals surface area (Å²) in [5.41, 5.74) is 4.44. The molecule has 0 saturated carbocycles. The molecule has 0 spiro atoms. The minimum Gasteiger partial charge on any atom is -0.477 e. The van der Waals surface area contributed by atoms with Crippen molar-refractivity contribution >= 4 is 11.6 Å². The van der Waals surface area contributed by atoms with Crippen molar-refractivity contribution in [3.63, 3.8) is 0 Å². The van der Waals surface area contributed by atoms with Gasteiger partial charge >= 0.3 is 5.97 Å². The number of benzene rings is 1. The van der Waals surface area contributed by atoms with E-state index in [1.165, 1.54) is 0 Å². The average Bonchev–Trinajstić information content (AvgIpc) is 2.94. The third-order valence-corrected chi connectivity index (χ3v) is 3.86. The van der Waals surface area contributed by atoms with E-state index < -0.39 is 5.97 Å². The summed E-state index contributed by atoms with van der Waals surface area (Å²) in [5.74, 6) is -1.01. The molecule has 0 saturated heterocycles. The first kappa shape index (κ1) is 15.2. The summed E-state index contributed by atoms with van der Waals surface area (Å²) in [7, 11) is 0. The van der Waals surface area contributed by atoms with Gasteiger partial charge in [0.05, 0.1) is 5.69 Å². The summed E-state index contributed by atoms with van der Waals surface area (Å²) in [5, 5.41) is 14.1. The van der Waals surface area contributed by atoms with Crippen molar-refractivity contribution in [1.82, 2.24) is 14.6 Å². The maximum Gasteiger partial charge on any atom is 0.354 e. The Balaban J connectivity index is 2.36. The Kier molecular flexibility index (Phi) is 4.10. The Morgan fingerprint density at radius 1 is 1.22 bits per heavy atom. The van der Waals surface area contributed by atoms with Gasteiger partial charge in [0.25, 0.3) is 0 Å². The largest absolute Gasteiger partial charge is 0.477 e. The standard InChI is InChI=1S/C18H19N3O2/c1-3-8-13-11-15(18(22)23)19-17-16(12-9-6-5-7-10-12)14(4-2)20-21(13)17/h5-7,9-11H,3-4,8H2,1-2H3,(H,22,23). The van der Waals surface area contributed by atoms with Crippen LogP contribution in [0.2, 0.25) is 0 Å². The van der Waals surface area contributed by atoms with Gasteiger partial charge in [-0.25, -0.2) is 14.3 Å². The Morgan fingerprint density at radius 2 is 1.96 bits per heavy atom. The van der Waals surface area contributed by atoms with Gasteiger partial charge in [-0.3, -0.25) is 0 Å². The van der Waals surface area contributed by atoms with E-state index in [-0.39, 0.29) is 5.69 Å². The number of fused-ring (bicyclic) bond motifs is 1. The van der Waals surface area contributed by atoms with Crippen LogP contribution >= 0.6 is 0 Å². The third-order valence-electron chi connectivity index (χ3n) is 3.86. The molecule has 0 unspecified atom stereocenters. The Morgan fingerprint density at radius 3 is 2.57 bits per heavy atom. The smallest absolute Gasteiger partial charge is 0.354 e. The van der Waals surface area contributed by atoms with Crippen molar-refractivity contribution in [3.8, 4) is 11.1 Å². The van der Waals surface area contributed by atoms with Crippen LogP contribution in [0, 0.1) is 0 Å². The van der Waals surface area contributed by atoms with E-state index in [0.717, 1.165) is 41.8 Å². The molecule has 23 heavy (non-hydrogen) atoms. The van der Waals surface area contributed by atoms with Crippen LogP contribution in [0.1, 0.15) is 42.1 Å². The maximum atomic E-state index is 11.4. The van der Waals surface area contributed by atoms with Gasteiger partial charge in [-0.1, -0.05) is 50.6 Å². The van der Waals surface area contributed by atoms with Crippen LogP contribution < -0.4 is 0 Å². The molecule has 0 amide bonds. The van der Waals surface area contributed by atoms with Crippen molar-refractivity contribution in [2.24, 2.45) is 0 Å². The molecule has 0 aliphatic carbocycles. The van der Waals surface area contributed by atoms with Crippen LogP contribution in [0.4, 0.5) is 0 Å². The van der Waals surface area contributed by atoms with Gasteiger partial charge in [0.2, 0.25) is 0 Å². The molecule has 3 aromatic rings. The molecular weight excluding hydrogens is 290 g/mol. The highest BCUT2D eigenvalue weighted by atomic mass is 16.4. The molecule has 0 bridgehead atoms. The lowest BCUT2D eigenvalue weighted by molar-refractivity contribution is 0.0690. The first-order chi connectivity index (χ1) is 11.2. The molecule has 2 aromatic heterocycles. The lowest BCUT2D eigenvalue weighted by atomic mass is 10.0. The third kappa shape index (κ3) is 2.70. The van der Waals surface area contributed by atoms with E-state index in [9.17, 15) is 9.90 Å². The van der Waals surface area contributed by atoms with E-state index in [4.69, 9.17) is 0 Å². The fourth-order valence-electron chi connectivity index (χ4n) is 2.81. The second-order valence-corrected chi connectivity index (χ2v) is 5.46. The van der Waals surface area contributed by atoms with E-state index in [1.807, 2.05) is 37.3 Å². The zero-order valence-electron chi connectivity index (χ0n) is 13.3. The minimum absolute atomic E-state index is 0.0701. The van der Waals surface area contributed by atoms with Gasteiger partial charge in [0.15, 0.2) is 11.3 Å². The highest BCUT2D eigenvalue weighted by Crippen LogP contribution is 2.29. The van der Waals surface area contributed by atoms with Crippen LogP contribution in [0.15, 0.2) is 36.4 Å². The summed E-state index contributed by atoms with van der Waals surface area (Å²) in [4.78, 5) is 15.8. The van der Waals surface area contributed by atoms with Gasteiger partial charge in [-0.2, -0.15) is 5.10 Å². The van der Waals surface area contributed by atoms with Crippen LogP contribution in [0.25, 0.3) is 16.8 Å². The maximum absolute atomic E-state index is 11.4. The van der Waals surface area contributed by atoms with Gasteiger partial charge in [0, 0.05) is 11.3 Å². The Hall–Kier alpha value is -2.69. The summed E-state index contributed by atoms with van der Waals surface area (Å²) in [6.45, 7) is 4.11. The molecule has 1 N–H and O–H groups in total. The molecule has 0 aliphatic rings. The Labute approximate surface area is 134 Å². The lowest BCUT2D eigenvalue weighted by Gasteiger charge is -2.06. The number of hydrogen-bond acceptors (Lipinski definition) is 3. The van der Waals surface area contributed by atoms with Crippen LogP contribution in [-0.2, 0) is 12.8 Å². The fraction of sp³-hybridized carbons (Fsp3) is 0.278. The van der Waals surface area contributed by atoms with E-state index in [1.54, 1.807) is 10.6 Å². The molecule has 0 atom stereocenters. The summed E-state index contributed by atoms with van der Waals surface area (Å²) in [6.07, 6.45) is 2.44.